The number of fused-ring (bicyclic) bond motifs is 1. The van der Waals surface area contributed by atoms with Crippen LogP contribution in [0.25, 0.3) is 10.9 Å². The van der Waals surface area contributed by atoms with E-state index in [0.29, 0.717) is 0 Å². The van der Waals surface area contributed by atoms with Crippen LogP contribution in [0, 0.1) is 5.92 Å². The average Bonchev–Trinajstić information content (AvgIpc) is 2.36. The first-order valence-corrected chi connectivity index (χ1v) is 5.81. The molecule has 0 aliphatic rings. The number of benzene rings is 1. The number of aromatic nitrogens is 1. The molecule has 2 unspecified atom stereocenters. The molecule has 17 heavy (non-hydrogen) atoms. The zero-order valence-corrected chi connectivity index (χ0v) is 10.0. The highest BCUT2D eigenvalue weighted by molar-refractivity contribution is 5.82. The number of pyridine rings is 1. The summed E-state index contributed by atoms with van der Waals surface area (Å²) in [4.78, 5) is 4.24. The molecule has 2 atom stereocenters. The van der Waals surface area contributed by atoms with E-state index in [-0.39, 0.29) is 5.92 Å². The molecule has 3 heteroatoms. The van der Waals surface area contributed by atoms with Crippen LogP contribution < -0.4 is 0 Å². The van der Waals surface area contributed by atoms with Gasteiger partial charge in [-0.3, -0.25) is 4.98 Å². The lowest BCUT2D eigenvalue weighted by atomic mass is 9.94. The molecule has 2 rings (SSSR count). The maximum Gasteiger partial charge on any atom is 0.106 e. The Bertz CT molecular complexity index is 505. The van der Waals surface area contributed by atoms with Crippen molar-refractivity contribution in [3.8, 4) is 0 Å². The number of hydrogen-bond acceptors (Lipinski definition) is 3. The number of nitrogens with zero attached hydrogens (tertiary/aromatic N) is 1. The van der Waals surface area contributed by atoms with E-state index in [1.807, 2.05) is 44.2 Å². The van der Waals surface area contributed by atoms with Gasteiger partial charge in [0, 0.05) is 11.6 Å². The summed E-state index contributed by atoms with van der Waals surface area (Å²) in [7, 11) is 0. The highest BCUT2D eigenvalue weighted by Crippen LogP contribution is 2.27. The van der Waals surface area contributed by atoms with Gasteiger partial charge in [-0.15, -0.1) is 0 Å². The third-order valence-corrected chi connectivity index (χ3v) is 3.00. The van der Waals surface area contributed by atoms with Crippen LogP contribution in [-0.2, 0) is 0 Å². The fraction of sp³-hybridized carbons (Fsp3) is 0.357. The van der Waals surface area contributed by atoms with Gasteiger partial charge in [0.2, 0.25) is 0 Å². The van der Waals surface area contributed by atoms with Crippen molar-refractivity contribution in [2.75, 3.05) is 0 Å². The number of hydrogen-bond donors (Lipinski definition) is 2. The smallest absolute Gasteiger partial charge is 0.106 e. The minimum atomic E-state index is -0.872. The molecule has 1 aromatic heterocycles. The molecular weight excluding hydrogens is 214 g/mol. The molecule has 0 amide bonds. The molecule has 1 heterocycles. The van der Waals surface area contributed by atoms with Crippen LogP contribution in [0.5, 0.6) is 0 Å². The van der Waals surface area contributed by atoms with Crippen LogP contribution in [0.15, 0.2) is 36.5 Å². The molecular formula is C14H17NO2. The Morgan fingerprint density at radius 1 is 1.06 bits per heavy atom. The number of aliphatic hydroxyl groups is 2. The third-order valence-electron chi connectivity index (χ3n) is 3.00. The molecule has 0 bridgehead atoms. The molecule has 0 aliphatic heterocycles. The second-order valence-corrected chi connectivity index (χ2v) is 4.60. The van der Waals surface area contributed by atoms with Crippen molar-refractivity contribution in [1.29, 1.82) is 0 Å². The maximum atomic E-state index is 10.2. The predicted octanol–water partition coefficient (Wildman–Crippen LogP) is 2.29. The molecule has 1 aromatic carbocycles. The minimum Gasteiger partial charge on any atom is -0.390 e. The van der Waals surface area contributed by atoms with Crippen LogP contribution in [0.4, 0.5) is 0 Å². The second-order valence-electron chi connectivity index (χ2n) is 4.60. The van der Waals surface area contributed by atoms with E-state index in [1.165, 1.54) is 0 Å². The van der Waals surface area contributed by atoms with Gasteiger partial charge in [0.1, 0.15) is 6.10 Å². The van der Waals surface area contributed by atoms with Gasteiger partial charge in [-0.05, 0) is 23.6 Å². The molecule has 0 saturated carbocycles. The first kappa shape index (κ1) is 12.0. The van der Waals surface area contributed by atoms with Gasteiger partial charge in [0.25, 0.3) is 0 Å². The minimum absolute atomic E-state index is 0.0110. The summed E-state index contributed by atoms with van der Waals surface area (Å²) in [5, 5.41) is 21.0. The van der Waals surface area contributed by atoms with Crippen molar-refractivity contribution in [1.82, 2.24) is 4.98 Å². The molecule has 90 valence electrons. The molecule has 2 N–H and O–H groups in total. The Labute approximate surface area is 101 Å². The molecule has 0 aliphatic carbocycles. The molecule has 0 spiro atoms. The third kappa shape index (κ3) is 2.30. The van der Waals surface area contributed by atoms with Gasteiger partial charge in [0.05, 0.1) is 11.6 Å². The average molecular weight is 231 g/mol. The van der Waals surface area contributed by atoms with E-state index in [0.717, 1.165) is 16.5 Å². The van der Waals surface area contributed by atoms with E-state index in [4.69, 9.17) is 0 Å². The molecule has 0 saturated heterocycles. The summed E-state index contributed by atoms with van der Waals surface area (Å²) in [6, 6.07) is 9.32. The van der Waals surface area contributed by atoms with Crippen molar-refractivity contribution in [3.05, 3.63) is 42.1 Å². The summed E-state index contributed by atoms with van der Waals surface area (Å²) in [5.74, 6) is 0.0110. The first-order valence-electron chi connectivity index (χ1n) is 5.81. The van der Waals surface area contributed by atoms with E-state index in [1.54, 1.807) is 6.20 Å². The first-order chi connectivity index (χ1) is 8.11. The topological polar surface area (TPSA) is 53.4 Å². The van der Waals surface area contributed by atoms with Crippen LogP contribution in [0.2, 0.25) is 0 Å². The highest BCUT2D eigenvalue weighted by Gasteiger charge is 2.22. The van der Waals surface area contributed by atoms with E-state index in [2.05, 4.69) is 4.98 Å². The van der Waals surface area contributed by atoms with Crippen LogP contribution in [-0.4, -0.2) is 21.3 Å². The van der Waals surface area contributed by atoms with E-state index >= 15 is 0 Å². The molecule has 0 fully saturated rings. The van der Waals surface area contributed by atoms with Crippen molar-refractivity contribution < 1.29 is 10.2 Å². The van der Waals surface area contributed by atoms with Gasteiger partial charge in [-0.25, -0.2) is 0 Å². The Kier molecular flexibility index (Phi) is 3.41. The van der Waals surface area contributed by atoms with Crippen molar-refractivity contribution in [2.24, 2.45) is 5.92 Å². The second kappa shape index (κ2) is 4.82. The van der Waals surface area contributed by atoms with Gasteiger partial charge >= 0.3 is 0 Å². The predicted molar refractivity (Wildman–Crippen MR) is 67.5 cm³/mol. The van der Waals surface area contributed by atoms with Gasteiger partial charge in [-0.1, -0.05) is 32.0 Å². The molecule has 3 nitrogen and oxygen atoms in total. The van der Waals surface area contributed by atoms with E-state index < -0.39 is 12.2 Å². The lowest BCUT2D eigenvalue weighted by molar-refractivity contribution is -0.00862. The highest BCUT2D eigenvalue weighted by atomic mass is 16.3. The van der Waals surface area contributed by atoms with Crippen molar-refractivity contribution in [3.63, 3.8) is 0 Å². The zero-order valence-electron chi connectivity index (χ0n) is 10.0. The number of aliphatic hydroxyl groups excluding tert-OH is 2. The largest absolute Gasteiger partial charge is 0.390 e. The fourth-order valence-corrected chi connectivity index (χ4v) is 1.93. The van der Waals surface area contributed by atoms with Crippen molar-refractivity contribution in [2.45, 2.75) is 26.1 Å². The normalized spacial score (nSPS) is 15.1. The summed E-state index contributed by atoms with van der Waals surface area (Å²) < 4.78 is 0. The lowest BCUT2D eigenvalue weighted by Gasteiger charge is -2.22. The molecule has 0 radical (unpaired) electrons. The monoisotopic (exact) mass is 231 g/mol. The quantitative estimate of drug-likeness (QED) is 0.852. The summed E-state index contributed by atoms with van der Waals surface area (Å²) in [6.45, 7) is 3.77. The van der Waals surface area contributed by atoms with Crippen LogP contribution in [0.1, 0.15) is 25.5 Å². The summed E-state index contributed by atoms with van der Waals surface area (Å²) in [5.41, 5.74) is 1.57. The standard InChI is InChI=1S/C14H17NO2/c1-9(2)13(16)14(17)11-5-3-7-12-10(11)6-4-8-15-12/h3-9,13-14,16-17H,1-2H3. The number of rotatable bonds is 3. The van der Waals surface area contributed by atoms with Crippen LogP contribution in [0.3, 0.4) is 0 Å². The van der Waals surface area contributed by atoms with Gasteiger partial charge in [0.15, 0.2) is 0 Å². The fourth-order valence-electron chi connectivity index (χ4n) is 1.93. The SMILES string of the molecule is CC(C)C(O)C(O)c1cccc2ncccc12. The van der Waals surface area contributed by atoms with E-state index in [9.17, 15) is 10.2 Å². The maximum absolute atomic E-state index is 10.2. The Morgan fingerprint density at radius 3 is 2.53 bits per heavy atom. The van der Waals surface area contributed by atoms with Crippen molar-refractivity contribution >= 4 is 10.9 Å². The summed E-state index contributed by atoms with van der Waals surface area (Å²) in [6.07, 6.45) is 0.0842. The Morgan fingerprint density at radius 2 is 1.82 bits per heavy atom. The van der Waals surface area contributed by atoms with Gasteiger partial charge in [-0.2, -0.15) is 0 Å². The Hall–Kier alpha value is -1.45. The Balaban J connectivity index is 2.48. The van der Waals surface area contributed by atoms with Gasteiger partial charge < -0.3 is 10.2 Å². The molecule has 2 aromatic rings. The lowest BCUT2D eigenvalue weighted by Crippen LogP contribution is -2.24. The van der Waals surface area contributed by atoms with Crippen LogP contribution >= 0.6 is 0 Å². The summed E-state index contributed by atoms with van der Waals surface area (Å²) >= 11 is 0. The zero-order chi connectivity index (χ0) is 12.4.